The van der Waals surface area contributed by atoms with Crippen LogP contribution < -0.4 is 0 Å². The summed E-state index contributed by atoms with van der Waals surface area (Å²) in [5.74, 6) is 0.579. The molecule has 3 saturated heterocycles. The minimum atomic E-state index is -0.181. The van der Waals surface area contributed by atoms with Crippen molar-refractivity contribution >= 4 is 17.7 Å². The third-order valence-electron chi connectivity index (χ3n) is 6.21. The molecular formula is C17H27N3O3. The van der Waals surface area contributed by atoms with E-state index in [4.69, 9.17) is 0 Å². The van der Waals surface area contributed by atoms with Gasteiger partial charge in [0.25, 0.3) is 0 Å². The lowest BCUT2D eigenvalue weighted by molar-refractivity contribution is -0.139. The van der Waals surface area contributed by atoms with Gasteiger partial charge in [-0.25, -0.2) is 0 Å². The fourth-order valence-corrected chi connectivity index (χ4v) is 4.76. The minimum Gasteiger partial charge on any atom is -0.342 e. The Bertz CT molecular complexity index is 537. The van der Waals surface area contributed by atoms with Gasteiger partial charge >= 0.3 is 0 Å². The monoisotopic (exact) mass is 321 g/mol. The van der Waals surface area contributed by atoms with Crippen LogP contribution in [0.5, 0.6) is 0 Å². The minimum absolute atomic E-state index is 0.0134. The van der Waals surface area contributed by atoms with Gasteiger partial charge in [0.05, 0.1) is 11.5 Å². The van der Waals surface area contributed by atoms with Gasteiger partial charge in [-0.1, -0.05) is 13.8 Å². The van der Waals surface area contributed by atoms with E-state index in [0.29, 0.717) is 26.2 Å². The summed E-state index contributed by atoms with van der Waals surface area (Å²) in [5, 5.41) is 0. The summed E-state index contributed by atoms with van der Waals surface area (Å²) in [4.78, 5) is 42.2. The Balaban J connectivity index is 1.78. The van der Waals surface area contributed by atoms with E-state index in [1.807, 2.05) is 35.6 Å². The quantitative estimate of drug-likeness (QED) is 0.709. The summed E-state index contributed by atoms with van der Waals surface area (Å²) in [7, 11) is 1.90. The molecule has 0 aliphatic carbocycles. The van der Waals surface area contributed by atoms with E-state index in [-0.39, 0.29) is 41.0 Å². The lowest BCUT2D eigenvalue weighted by Crippen LogP contribution is -2.57. The smallest absolute Gasteiger partial charge is 0.228 e. The fraction of sp³-hybridized carbons (Fsp3) is 0.824. The summed E-state index contributed by atoms with van der Waals surface area (Å²) in [6.07, 6.45) is 1.64. The molecule has 3 heterocycles. The van der Waals surface area contributed by atoms with Crippen molar-refractivity contribution in [3.05, 3.63) is 0 Å². The van der Waals surface area contributed by atoms with Crippen molar-refractivity contribution in [1.82, 2.24) is 14.7 Å². The molecule has 3 amide bonds. The Hall–Kier alpha value is -1.59. The average Bonchev–Trinajstić information content (AvgIpc) is 3.04. The van der Waals surface area contributed by atoms with Crippen molar-refractivity contribution in [3.8, 4) is 0 Å². The molecule has 3 rings (SSSR count). The van der Waals surface area contributed by atoms with E-state index >= 15 is 0 Å². The number of carbonyl (C=O) groups excluding carboxylic acids is 3. The zero-order valence-electron chi connectivity index (χ0n) is 14.5. The molecule has 128 valence electrons. The summed E-state index contributed by atoms with van der Waals surface area (Å²) in [6, 6.07) is 0. The van der Waals surface area contributed by atoms with Crippen LogP contribution >= 0.6 is 0 Å². The maximum absolute atomic E-state index is 12.7. The number of likely N-dealkylation sites (tertiary alicyclic amines) is 3. The molecule has 0 saturated carbocycles. The molecule has 0 unspecified atom stereocenters. The highest BCUT2D eigenvalue weighted by Crippen LogP contribution is 2.48. The van der Waals surface area contributed by atoms with Gasteiger partial charge < -0.3 is 14.7 Å². The van der Waals surface area contributed by atoms with Gasteiger partial charge in [0.2, 0.25) is 17.7 Å². The predicted molar refractivity (Wildman–Crippen MR) is 85.4 cm³/mol. The lowest BCUT2D eigenvalue weighted by Gasteiger charge is -2.47. The van der Waals surface area contributed by atoms with Crippen molar-refractivity contribution in [2.45, 2.75) is 39.2 Å². The van der Waals surface area contributed by atoms with E-state index in [0.717, 1.165) is 12.8 Å². The molecule has 1 spiro atoms. The average molecular weight is 321 g/mol. The Morgan fingerprint density at radius 3 is 2.26 bits per heavy atom. The molecule has 0 radical (unpaired) electrons. The van der Waals surface area contributed by atoms with Gasteiger partial charge in [0.15, 0.2) is 0 Å². The molecular weight excluding hydrogens is 294 g/mol. The van der Waals surface area contributed by atoms with Gasteiger partial charge in [-0.3, -0.25) is 14.4 Å². The van der Waals surface area contributed by atoms with Gasteiger partial charge in [-0.15, -0.1) is 0 Å². The van der Waals surface area contributed by atoms with Crippen LogP contribution in [0.4, 0.5) is 0 Å². The molecule has 0 bridgehead atoms. The first-order valence-electron chi connectivity index (χ1n) is 8.60. The molecule has 3 aliphatic rings. The van der Waals surface area contributed by atoms with Crippen LogP contribution in [0.1, 0.15) is 33.6 Å². The molecule has 0 aromatic heterocycles. The number of rotatable bonds is 1. The number of nitrogens with zero attached hydrogens (tertiary/aromatic N) is 3. The summed E-state index contributed by atoms with van der Waals surface area (Å²) in [5.41, 5.74) is -0.181. The second-order valence-corrected chi connectivity index (χ2v) is 7.62. The van der Waals surface area contributed by atoms with Crippen LogP contribution in [0.15, 0.2) is 0 Å². The third-order valence-corrected chi connectivity index (χ3v) is 6.21. The van der Waals surface area contributed by atoms with E-state index in [1.54, 1.807) is 6.92 Å². The van der Waals surface area contributed by atoms with Crippen LogP contribution in [0.25, 0.3) is 0 Å². The third kappa shape index (κ3) is 2.34. The Labute approximate surface area is 137 Å². The van der Waals surface area contributed by atoms with Crippen molar-refractivity contribution in [1.29, 1.82) is 0 Å². The fourth-order valence-electron chi connectivity index (χ4n) is 4.76. The van der Waals surface area contributed by atoms with Crippen LogP contribution in [0.2, 0.25) is 0 Å². The number of amides is 3. The molecule has 3 fully saturated rings. The highest BCUT2D eigenvalue weighted by molar-refractivity contribution is 5.85. The number of hydrogen-bond donors (Lipinski definition) is 0. The Morgan fingerprint density at radius 2 is 1.74 bits per heavy atom. The standard InChI is InChI=1S/C17H27N3O3/c1-11(2)15(22)19-7-5-17(6-8-19)14-10-20(12(3)21)9-13(14)16(23)18(17)4/h11,13-14H,5-10H2,1-4H3/t13-,14+/m0/s1. The van der Waals surface area contributed by atoms with Gasteiger partial charge in [0, 0.05) is 52.0 Å². The predicted octanol–water partition coefficient (Wildman–Crippen LogP) is 0.570. The molecule has 0 aromatic carbocycles. The molecule has 3 aliphatic heterocycles. The molecule has 6 nitrogen and oxygen atoms in total. The largest absolute Gasteiger partial charge is 0.342 e. The van der Waals surface area contributed by atoms with Crippen molar-refractivity contribution in [3.63, 3.8) is 0 Å². The zero-order chi connectivity index (χ0) is 16.9. The topological polar surface area (TPSA) is 60.9 Å². The summed E-state index contributed by atoms with van der Waals surface area (Å²) < 4.78 is 0. The van der Waals surface area contributed by atoms with Crippen LogP contribution in [-0.2, 0) is 14.4 Å². The normalized spacial score (nSPS) is 29.6. The number of hydrogen-bond acceptors (Lipinski definition) is 3. The number of piperidine rings is 1. The second-order valence-electron chi connectivity index (χ2n) is 7.62. The Morgan fingerprint density at radius 1 is 1.13 bits per heavy atom. The van der Waals surface area contributed by atoms with Gasteiger partial charge in [0.1, 0.15) is 0 Å². The van der Waals surface area contributed by atoms with Gasteiger partial charge in [-0.05, 0) is 12.8 Å². The van der Waals surface area contributed by atoms with Crippen LogP contribution in [0, 0.1) is 17.8 Å². The molecule has 2 atom stereocenters. The SMILES string of the molecule is CC(=O)N1C[C@@H]2C(=O)N(C)C3(CCN(C(=O)C(C)C)CC3)[C@@H]2C1. The van der Waals surface area contributed by atoms with Crippen molar-refractivity contribution < 1.29 is 14.4 Å². The summed E-state index contributed by atoms with van der Waals surface area (Å²) in [6.45, 7) is 8.07. The van der Waals surface area contributed by atoms with Crippen molar-refractivity contribution in [2.24, 2.45) is 17.8 Å². The van der Waals surface area contributed by atoms with Crippen LogP contribution in [-0.4, -0.2) is 71.2 Å². The van der Waals surface area contributed by atoms with E-state index in [2.05, 4.69) is 0 Å². The summed E-state index contributed by atoms with van der Waals surface area (Å²) >= 11 is 0. The highest BCUT2D eigenvalue weighted by atomic mass is 16.2. The molecule has 23 heavy (non-hydrogen) atoms. The van der Waals surface area contributed by atoms with E-state index in [1.165, 1.54) is 0 Å². The first-order chi connectivity index (χ1) is 10.8. The first-order valence-corrected chi connectivity index (χ1v) is 8.60. The first kappa shape index (κ1) is 16.3. The van der Waals surface area contributed by atoms with E-state index < -0.39 is 0 Å². The van der Waals surface area contributed by atoms with Gasteiger partial charge in [-0.2, -0.15) is 0 Å². The lowest BCUT2D eigenvalue weighted by atomic mass is 9.75. The number of fused-ring (bicyclic) bond motifs is 2. The van der Waals surface area contributed by atoms with Crippen molar-refractivity contribution in [2.75, 3.05) is 33.2 Å². The molecule has 0 N–H and O–H groups in total. The molecule has 0 aromatic rings. The van der Waals surface area contributed by atoms with Crippen LogP contribution in [0.3, 0.4) is 0 Å². The highest BCUT2D eigenvalue weighted by Gasteiger charge is 2.60. The van der Waals surface area contributed by atoms with E-state index in [9.17, 15) is 14.4 Å². The molecule has 6 heteroatoms. The maximum Gasteiger partial charge on any atom is 0.228 e. The zero-order valence-corrected chi connectivity index (χ0v) is 14.5. The Kier molecular flexibility index (Phi) is 3.89. The second kappa shape index (κ2) is 5.49. The number of carbonyl (C=O) groups is 3. The maximum atomic E-state index is 12.7.